The van der Waals surface area contributed by atoms with E-state index >= 15 is 0 Å². The Hall–Kier alpha value is -0.340. The molecule has 0 aromatic carbocycles. The first-order valence-electron chi connectivity index (χ1n) is 5.61. The summed E-state index contributed by atoms with van der Waals surface area (Å²) in [5, 5.41) is 0. The molecule has 0 amide bonds. The number of nitrogens with two attached hydrogens (primary N) is 1. The fraction of sp³-hybridized carbons (Fsp3) is 0.833. The minimum atomic E-state index is 0.152. The zero-order valence-corrected chi connectivity index (χ0v) is 10.0. The Kier molecular flexibility index (Phi) is 3.73. The van der Waals surface area contributed by atoms with Gasteiger partial charge in [-0.05, 0) is 26.2 Å². The number of hydrogen-bond donors (Lipinski definition) is 1. The van der Waals surface area contributed by atoms with Gasteiger partial charge in [0, 0.05) is 25.2 Å². The average Bonchev–Trinajstić information content (AvgIpc) is 2.18. The number of rotatable bonds is 3. The highest BCUT2D eigenvalue weighted by atomic mass is 15.2. The number of nitrogens with zero attached hydrogens (tertiary/aromatic N) is 1. The van der Waals surface area contributed by atoms with Crippen LogP contribution in [0.5, 0.6) is 0 Å². The molecule has 2 N–H and O–H groups in total. The van der Waals surface area contributed by atoms with Crippen molar-refractivity contribution in [2.45, 2.75) is 39.7 Å². The maximum absolute atomic E-state index is 5.77. The van der Waals surface area contributed by atoms with Crippen LogP contribution in [0, 0.1) is 5.92 Å². The lowest BCUT2D eigenvalue weighted by molar-refractivity contribution is 0.137. The molecule has 0 saturated carbocycles. The maximum Gasteiger partial charge on any atom is 0.0278 e. The molecule has 14 heavy (non-hydrogen) atoms. The molecule has 0 saturated heterocycles. The molecule has 0 aromatic rings. The highest BCUT2D eigenvalue weighted by Gasteiger charge is 2.26. The molecule has 2 heteroatoms. The Morgan fingerprint density at radius 3 is 2.50 bits per heavy atom. The summed E-state index contributed by atoms with van der Waals surface area (Å²) in [5.41, 5.74) is 7.53. The molecular weight excluding hydrogens is 172 g/mol. The Bertz CT molecular complexity index is 216. The molecule has 1 aliphatic heterocycles. The zero-order valence-electron chi connectivity index (χ0n) is 10.0. The van der Waals surface area contributed by atoms with E-state index in [9.17, 15) is 0 Å². The van der Waals surface area contributed by atoms with Crippen molar-refractivity contribution in [2.75, 3.05) is 19.6 Å². The van der Waals surface area contributed by atoms with Gasteiger partial charge in [0.05, 0.1) is 0 Å². The van der Waals surface area contributed by atoms with Gasteiger partial charge >= 0.3 is 0 Å². The third-order valence-electron chi connectivity index (χ3n) is 3.34. The van der Waals surface area contributed by atoms with E-state index < -0.39 is 0 Å². The van der Waals surface area contributed by atoms with Crippen molar-refractivity contribution in [2.24, 2.45) is 11.7 Å². The summed E-state index contributed by atoms with van der Waals surface area (Å²) in [5.74, 6) is 0.707. The van der Waals surface area contributed by atoms with Crippen LogP contribution < -0.4 is 5.73 Å². The first-order chi connectivity index (χ1) is 6.47. The minimum absolute atomic E-state index is 0.152. The van der Waals surface area contributed by atoms with Gasteiger partial charge in [-0.15, -0.1) is 0 Å². The van der Waals surface area contributed by atoms with Crippen molar-refractivity contribution >= 4 is 0 Å². The highest BCUT2D eigenvalue weighted by molar-refractivity contribution is 5.11. The third kappa shape index (κ3) is 2.58. The predicted molar refractivity (Wildman–Crippen MR) is 62.2 cm³/mol. The van der Waals surface area contributed by atoms with E-state index in [0.29, 0.717) is 5.92 Å². The second-order valence-corrected chi connectivity index (χ2v) is 5.15. The van der Waals surface area contributed by atoms with Gasteiger partial charge in [-0.25, -0.2) is 0 Å². The average molecular weight is 196 g/mol. The molecule has 82 valence electrons. The smallest absolute Gasteiger partial charge is 0.0278 e. The van der Waals surface area contributed by atoms with Crippen molar-refractivity contribution in [3.05, 3.63) is 11.6 Å². The first-order valence-corrected chi connectivity index (χ1v) is 5.61. The maximum atomic E-state index is 5.77. The van der Waals surface area contributed by atoms with Crippen LogP contribution in [0.2, 0.25) is 0 Å². The quantitative estimate of drug-likeness (QED) is 0.700. The second kappa shape index (κ2) is 4.45. The van der Waals surface area contributed by atoms with Crippen LogP contribution in [-0.2, 0) is 0 Å². The van der Waals surface area contributed by atoms with Crippen molar-refractivity contribution < 1.29 is 0 Å². The lowest BCUT2D eigenvalue weighted by Crippen LogP contribution is -2.51. The second-order valence-electron chi connectivity index (χ2n) is 5.15. The van der Waals surface area contributed by atoms with E-state index in [2.05, 4.69) is 38.7 Å². The summed E-state index contributed by atoms with van der Waals surface area (Å²) in [6.45, 7) is 12.0. The van der Waals surface area contributed by atoms with Crippen LogP contribution in [0.15, 0.2) is 11.6 Å². The van der Waals surface area contributed by atoms with E-state index in [4.69, 9.17) is 5.73 Å². The van der Waals surface area contributed by atoms with E-state index in [1.165, 1.54) is 6.42 Å². The molecule has 2 nitrogen and oxygen atoms in total. The minimum Gasteiger partial charge on any atom is -0.329 e. The molecule has 1 aliphatic rings. The third-order valence-corrected chi connectivity index (χ3v) is 3.34. The summed E-state index contributed by atoms with van der Waals surface area (Å²) in [6, 6.07) is 0. The van der Waals surface area contributed by atoms with Gasteiger partial charge in [0.25, 0.3) is 0 Å². The topological polar surface area (TPSA) is 29.3 Å². The van der Waals surface area contributed by atoms with Crippen molar-refractivity contribution in [3.8, 4) is 0 Å². The molecule has 0 atom stereocenters. The molecule has 0 radical (unpaired) electrons. The molecule has 0 bridgehead atoms. The summed E-state index contributed by atoms with van der Waals surface area (Å²) in [6.07, 6.45) is 3.59. The SMILES string of the molecule is CC(C)C1=CCN(C(C)(C)CN)CC1. The van der Waals surface area contributed by atoms with Crippen molar-refractivity contribution in [1.82, 2.24) is 4.90 Å². The van der Waals surface area contributed by atoms with Crippen LogP contribution in [-0.4, -0.2) is 30.1 Å². The van der Waals surface area contributed by atoms with E-state index in [1.54, 1.807) is 5.57 Å². The van der Waals surface area contributed by atoms with Gasteiger partial charge in [-0.1, -0.05) is 25.5 Å². The normalized spacial score (nSPS) is 20.0. The summed E-state index contributed by atoms with van der Waals surface area (Å²) in [7, 11) is 0. The molecular formula is C12H24N2. The lowest BCUT2D eigenvalue weighted by Gasteiger charge is -2.40. The van der Waals surface area contributed by atoms with E-state index in [0.717, 1.165) is 19.6 Å². The summed E-state index contributed by atoms with van der Waals surface area (Å²) in [4.78, 5) is 2.47. The number of hydrogen-bond acceptors (Lipinski definition) is 2. The molecule has 0 spiro atoms. The molecule has 0 aromatic heterocycles. The zero-order chi connectivity index (χ0) is 10.8. The summed E-state index contributed by atoms with van der Waals surface area (Å²) < 4.78 is 0. The Labute approximate surface area is 88.2 Å². The molecule has 1 rings (SSSR count). The predicted octanol–water partition coefficient (Wildman–Crippen LogP) is 2.01. The van der Waals surface area contributed by atoms with Gasteiger partial charge in [-0.3, -0.25) is 4.90 Å². The van der Waals surface area contributed by atoms with Crippen LogP contribution in [0.1, 0.15) is 34.1 Å². The Morgan fingerprint density at radius 1 is 1.50 bits per heavy atom. The van der Waals surface area contributed by atoms with Gasteiger partial charge in [-0.2, -0.15) is 0 Å². The Morgan fingerprint density at radius 2 is 2.14 bits per heavy atom. The van der Waals surface area contributed by atoms with Gasteiger partial charge in [0.1, 0.15) is 0 Å². The van der Waals surface area contributed by atoms with Crippen LogP contribution in [0.25, 0.3) is 0 Å². The van der Waals surface area contributed by atoms with Crippen LogP contribution in [0.4, 0.5) is 0 Å². The lowest BCUT2D eigenvalue weighted by atomic mass is 9.93. The van der Waals surface area contributed by atoms with Crippen LogP contribution in [0.3, 0.4) is 0 Å². The van der Waals surface area contributed by atoms with E-state index in [1.807, 2.05) is 0 Å². The van der Waals surface area contributed by atoms with Crippen molar-refractivity contribution in [3.63, 3.8) is 0 Å². The van der Waals surface area contributed by atoms with Crippen molar-refractivity contribution in [1.29, 1.82) is 0 Å². The van der Waals surface area contributed by atoms with Gasteiger partial charge in [0.15, 0.2) is 0 Å². The van der Waals surface area contributed by atoms with Crippen LogP contribution >= 0.6 is 0 Å². The molecule has 0 unspecified atom stereocenters. The Balaban J connectivity index is 2.58. The molecule has 1 heterocycles. The van der Waals surface area contributed by atoms with Gasteiger partial charge < -0.3 is 5.73 Å². The van der Waals surface area contributed by atoms with E-state index in [-0.39, 0.29) is 5.54 Å². The fourth-order valence-corrected chi connectivity index (χ4v) is 1.89. The first kappa shape index (κ1) is 11.7. The fourth-order valence-electron chi connectivity index (χ4n) is 1.89. The standard InChI is InChI=1S/C12H24N2/c1-10(2)11-5-7-14(8-6-11)12(3,4)9-13/h5,10H,6-9,13H2,1-4H3. The highest BCUT2D eigenvalue weighted by Crippen LogP contribution is 2.23. The molecule has 0 aliphatic carbocycles. The molecule has 0 fully saturated rings. The van der Waals surface area contributed by atoms with Gasteiger partial charge in [0.2, 0.25) is 0 Å². The largest absolute Gasteiger partial charge is 0.329 e. The summed E-state index contributed by atoms with van der Waals surface area (Å²) >= 11 is 0. The monoisotopic (exact) mass is 196 g/mol.